The Balaban J connectivity index is 2.13. The Morgan fingerprint density at radius 2 is 1.78 bits per heavy atom. The number of nitrogens with two attached hydrogens (primary N) is 1. The molecule has 0 atom stereocenters. The Hall–Kier alpha value is -2.28. The lowest BCUT2D eigenvalue weighted by Gasteiger charge is -2.12. The van der Waals surface area contributed by atoms with Crippen LogP contribution in [0.2, 0.25) is 0 Å². The van der Waals surface area contributed by atoms with Crippen LogP contribution in [-0.4, -0.2) is 43.3 Å². The molecular formula is C16H25N5O2. The Morgan fingerprint density at radius 1 is 1.09 bits per heavy atom. The molecule has 0 spiro atoms. The van der Waals surface area contributed by atoms with Gasteiger partial charge < -0.3 is 25.8 Å². The van der Waals surface area contributed by atoms with Gasteiger partial charge in [-0.2, -0.15) is 4.98 Å². The average molecular weight is 319 g/mol. The molecule has 0 radical (unpaired) electrons. The number of nitrogens with one attached hydrogen (secondary N) is 2. The van der Waals surface area contributed by atoms with E-state index in [1.165, 1.54) is 0 Å². The number of nitrogens with zero attached hydrogens (tertiary/aromatic N) is 2. The molecule has 7 heteroatoms. The van der Waals surface area contributed by atoms with Crippen molar-refractivity contribution in [3.8, 4) is 11.5 Å². The molecule has 1 heterocycles. The van der Waals surface area contributed by atoms with E-state index in [0.29, 0.717) is 29.3 Å². The molecule has 2 rings (SSSR count). The fourth-order valence-corrected chi connectivity index (χ4v) is 2.24. The van der Waals surface area contributed by atoms with Gasteiger partial charge in [-0.25, -0.2) is 4.98 Å². The van der Waals surface area contributed by atoms with Crippen LogP contribution in [0.4, 0.5) is 11.8 Å². The number of hydrogen-bond donors (Lipinski definition) is 3. The van der Waals surface area contributed by atoms with Crippen LogP contribution in [-0.2, 0) is 0 Å². The van der Waals surface area contributed by atoms with Gasteiger partial charge in [0.1, 0.15) is 5.82 Å². The summed E-state index contributed by atoms with van der Waals surface area (Å²) in [6, 6.07) is 4.09. The Bertz CT molecular complexity index is 660. The molecule has 0 aliphatic rings. The number of fused-ring (bicyclic) bond motifs is 1. The molecule has 4 N–H and O–H groups in total. The third kappa shape index (κ3) is 4.35. The summed E-state index contributed by atoms with van der Waals surface area (Å²) in [5, 5.41) is 7.31. The molecule has 1 aromatic carbocycles. The Kier molecular flexibility index (Phi) is 5.81. The first kappa shape index (κ1) is 17.1. The molecule has 0 bridgehead atoms. The molecule has 7 nitrogen and oxygen atoms in total. The second-order valence-electron chi connectivity index (χ2n) is 5.55. The number of anilines is 2. The number of nitrogen functional groups attached to an aromatic ring is 1. The van der Waals surface area contributed by atoms with Gasteiger partial charge in [-0.05, 0) is 19.0 Å². The SMILES string of the molecule is COc1cc2nc(NCCCNC(C)C)nc(N)c2cc1OC. The summed E-state index contributed by atoms with van der Waals surface area (Å²) in [4.78, 5) is 8.80. The third-order valence-electron chi connectivity index (χ3n) is 3.42. The van der Waals surface area contributed by atoms with Crippen molar-refractivity contribution in [1.82, 2.24) is 15.3 Å². The largest absolute Gasteiger partial charge is 0.493 e. The maximum Gasteiger partial charge on any atom is 0.225 e. The highest BCUT2D eigenvalue weighted by Gasteiger charge is 2.11. The third-order valence-corrected chi connectivity index (χ3v) is 3.42. The topological polar surface area (TPSA) is 94.3 Å². The highest BCUT2D eigenvalue weighted by atomic mass is 16.5. The maximum absolute atomic E-state index is 6.04. The van der Waals surface area contributed by atoms with Gasteiger partial charge in [-0.15, -0.1) is 0 Å². The van der Waals surface area contributed by atoms with Crippen LogP contribution in [0.5, 0.6) is 11.5 Å². The second kappa shape index (κ2) is 7.82. The zero-order valence-corrected chi connectivity index (χ0v) is 14.1. The predicted molar refractivity (Wildman–Crippen MR) is 93.3 cm³/mol. The highest BCUT2D eigenvalue weighted by molar-refractivity contribution is 5.91. The normalized spacial score (nSPS) is 11.0. The van der Waals surface area contributed by atoms with Crippen LogP contribution in [0.1, 0.15) is 20.3 Å². The molecule has 1 aromatic heterocycles. The summed E-state index contributed by atoms with van der Waals surface area (Å²) >= 11 is 0. The predicted octanol–water partition coefficient (Wildman–Crippen LogP) is 2.03. The van der Waals surface area contributed by atoms with Crippen molar-refractivity contribution in [2.45, 2.75) is 26.3 Å². The van der Waals surface area contributed by atoms with Gasteiger partial charge in [0, 0.05) is 24.0 Å². The summed E-state index contributed by atoms with van der Waals surface area (Å²) in [6.07, 6.45) is 0.978. The zero-order chi connectivity index (χ0) is 16.8. The van der Waals surface area contributed by atoms with Gasteiger partial charge in [0.2, 0.25) is 5.95 Å². The van der Waals surface area contributed by atoms with Gasteiger partial charge in [0.05, 0.1) is 19.7 Å². The van der Waals surface area contributed by atoms with E-state index in [9.17, 15) is 0 Å². The van der Waals surface area contributed by atoms with Crippen LogP contribution < -0.4 is 25.8 Å². The number of methoxy groups -OCH3 is 2. The molecule has 23 heavy (non-hydrogen) atoms. The molecule has 2 aromatic rings. The van der Waals surface area contributed by atoms with E-state index in [4.69, 9.17) is 15.2 Å². The van der Waals surface area contributed by atoms with Gasteiger partial charge >= 0.3 is 0 Å². The lowest BCUT2D eigenvalue weighted by molar-refractivity contribution is 0.356. The van der Waals surface area contributed by atoms with E-state index >= 15 is 0 Å². The first-order chi connectivity index (χ1) is 11.0. The second-order valence-corrected chi connectivity index (χ2v) is 5.55. The summed E-state index contributed by atoms with van der Waals surface area (Å²) in [5.41, 5.74) is 6.76. The highest BCUT2D eigenvalue weighted by Crippen LogP contribution is 2.33. The molecule has 0 amide bonds. The minimum absolute atomic E-state index is 0.416. The van der Waals surface area contributed by atoms with Crippen LogP contribution in [0.25, 0.3) is 10.9 Å². The quantitative estimate of drug-likeness (QED) is 0.641. The van der Waals surface area contributed by atoms with Crippen molar-refractivity contribution in [3.63, 3.8) is 0 Å². The van der Waals surface area contributed by atoms with Crippen LogP contribution in [0.15, 0.2) is 12.1 Å². The minimum Gasteiger partial charge on any atom is -0.493 e. The summed E-state index contributed by atoms with van der Waals surface area (Å²) in [7, 11) is 3.18. The van der Waals surface area contributed by atoms with Gasteiger partial charge in [0.25, 0.3) is 0 Å². The number of aromatic nitrogens is 2. The molecule has 126 valence electrons. The lowest BCUT2D eigenvalue weighted by Crippen LogP contribution is -2.25. The molecule has 0 unspecified atom stereocenters. The Morgan fingerprint density at radius 3 is 2.43 bits per heavy atom. The summed E-state index contributed by atoms with van der Waals surface area (Å²) in [6.45, 7) is 5.97. The molecule has 0 aliphatic heterocycles. The average Bonchev–Trinajstić information content (AvgIpc) is 2.53. The van der Waals surface area contributed by atoms with Crippen molar-refractivity contribution in [2.24, 2.45) is 0 Å². The minimum atomic E-state index is 0.416. The molecule has 0 fully saturated rings. The number of ether oxygens (including phenoxy) is 2. The zero-order valence-electron chi connectivity index (χ0n) is 14.1. The standard InChI is InChI=1S/C16H25N5O2/c1-10(2)18-6-5-7-19-16-20-12-9-14(23-4)13(22-3)8-11(12)15(17)21-16/h8-10,18H,5-7H2,1-4H3,(H3,17,19,20,21). The molecular weight excluding hydrogens is 294 g/mol. The number of rotatable bonds is 8. The summed E-state index contributed by atoms with van der Waals surface area (Å²) in [5.74, 6) is 2.16. The molecule has 0 saturated heterocycles. The smallest absolute Gasteiger partial charge is 0.225 e. The van der Waals surface area contributed by atoms with Gasteiger partial charge in [0.15, 0.2) is 11.5 Å². The van der Waals surface area contributed by atoms with Crippen molar-refractivity contribution in [3.05, 3.63) is 12.1 Å². The van der Waals surface area contributed by atoms with Crippen molar-refractivity contribution < 1.29 is 9.47 Å². The van der Waals surface area contributed by atoms with Crippen LogP contribution in [0, 0.1) is 0 Å². The van der Waals surface area contributed by atoms with Crippen molar-refractivity contribution in [1.29, 1.82) is 0 Å². The number of benzene rings is 1. The van der Waals surface area contributed by atoms with E-state index in [1.807, 2.05) is 0 Å². The van der Waals surface area contributed by atoms with E-state index in [2.05, 4.69) is 34.4 Å². The van der Waals surface area contributed by atoms with Gasteiger partial charge in [-0.3, -0.25) is 0 Å². The molecule has 0 aliphatic carbocycles. The van der Waals surface area contributed by atoms with Crippen molar-refractivity contribution in [2.75, 3.05) is 38.4 Å². The van der Waals surface area contributed by atoms with Crippen LogP contribution in [0.3, 0.4) is 0 Å². The fourth-order valence-electron chi connectivity index (χ4n) is 2.24. The van der Waals surface area contributed by atoms with Crippen molar-refractivity contribution >= 4 is 22.7 Å². The lowest BCUT2D eigenvalue weighted by atomic mass is 10.2. The van der Waals surface area contributed by atoms with E-state index < -0.39 is 0 Å². The maximum atomic E-state index is 6.04. The van der Waals surface area contributed by atoms with E-state index in [-0.39, 0.29) is 0 Å². The van der Waals surface area contributed by atoms with E-state index in [0.717, 1.165) is 30.4 Å². The summed E-state index contributed by atoms with van der Waals surface area (Å²) < 4.78 is 10.6. The molecule has 0 saturated carbocycles. The first-order valence-electron chi connectivity index (χ1n) is 7.71. The van der Waals surface area contributed by atoms with E-state index in [1.54, 1.807) is 26.4 Å². The number of hydrogen-bond acceptors (Lipinski definition) is 7. The monoisotopic (exact) mass is 319 g/mol. The fraction of sp³-hybridized carbons (Fsp3) is 0.500. The Labute approximate surface area is 136 Å². The first-order valence-corrected chi connectivity index (χ1v) is 7.71. The van der Waals surface area contributed by atoms with Crippen LogP contribution >= 0.6 is 0 Å². The van der Waals surface area contributed by atoms with Gasteiger partial charge in [-0.1, -0.05) is 13.8 Å².